The van der Waals surface area contributed by atoms with Crippen LogP contribution >= 0.6 is 0 Å². The fourth-order valence-corrected chi connectivity index (χ4v) is 1.61. The van der Waals surface area contributed by atoms with Gasteiger partial charge in [0.1, 0.15) is 5.69 Å². The average molecular weight is 262 g/mol. The molecule has 1 N–H and O–H groups in total. The zero-order valence-corrected chi connectivity index (χ0v) is 10.7. The van der Waals surface area contributed by atoms with Gasteiger partial charge >= 0.3 is 0 Å². The van der Waals surface area contributed by atoms with Crippen molar-refractivity contribution in [1.29, 1.82) is 5.26 Å². The number of carbonyl (C=O) groups excluding carboxylic acids is 1. The van der Waals surface area contributed by atoms with Crippen LogP contribution in [-0.4, -0.2) is 31.5 Å². The maximum Gasteiger partial charge on any atom is 0.292 e. The number of nitro benzene ring substituents is 1. The van der Waals surface area contributed by atoms with Gasteiger partial charge in [-0.2, -0.15) is 5.26 Å². The topological polar surface area (TPSA) is 99.3 Å². The zero-order valence-electron chi connectivity index (χ0n) is 10.7. The number of hydrogen-bond acceptors (Lipinski definition) is 5. The van der Waals surface area contributed by atoms with Crippen molar-refractivity contribution in [2.24, 2.45) is 0 Å². The van der Waals surface area contributed by atoms with Crippen molar-refractivity contribution < 1.29 is 9.72 Å². The molecule has 0 heterocycles. The van der Waals surface area contributed by atoms with Gasteiger partial charge in [-0.25, -0.2) is 0 Å². The number of carbonyl (C=O) groups is 1. The van der Waals surface area contributed by atoms with Crippen LogP contribution in [0.25, 0.3) is 0 Å². The van der Waals surface area contributed by atoms with Crippen LogP contribution in [0.5, 0.6) is 0 Å². The molecule has 19 heavy (non-hydrogen) atoms. The summed E-state index contributed by atoms with van der Waals surface area (Å²) in [4.78, 5) is 23.6. The van der Waals surface area contributed by atoms with E-state index in [2.05, 4.69) is 5.32 Å². The summed E-state index contributed by atoms with van der Waals surface area (Å²) in [7, 11) is 3.14. The van der Waals surface area contributed by atoms with Gasteiger partial charge in [0, 0.05) is 32.3 Å². The van der Waals surface area contributed by atoms with Crippen molar-refractivity contribution in [1.82, 2.24) is 5.32 Å². The van der Waals surface area contributed by atoms with Gasteiger partial charge in [-0.1, -0.05) is 0 Å². The summed E-state index contributed by atoms with van der Waals surface area (Å²) in [5.41, 5.74) is 0.571. The van der Waals surface area contributed by atoms with E-state index in [-0.39, 0.29) is 18.0 Å². The van der Waals surface area contributed by atoms with Gasteiger partial charge in [-0.15, -0.1) is 0 Å². The van der Waals surface area contributed by atoms with Gasteiger partial charge in [-0.05, 0) is 12.1 Å². The van der Waals surface area contributed by atoms with Crippen LogP contribution in [0.3, 0.4) is 0 Å². The van der Waals surface area contributed by atoms with Gasteiger partial charge in [0.2, 0.25) is 0 Å². The first-order valence-corrected chi connectivity index (χ1v) is 5.60. The molecule has 1 rings (SSSR count). The molecule has 0 fully saturated rings. The maximum atomic E-state index is 11.5. The molecule has 0 radical (unpaired) electrons. The number of rotatable bonds is 5. The van der Waals surface area contributed by atoms with Crippen molar-refractivity contribution >= 4 is 17.3 Å². The van der Waals surface area contributed by atoms with Crippen LogP contribution in [0.1, 0.15) is 16.8 Å². The Hall–Kier alpha value is -2.62. The van der Waals surface area contributed by atoms with Crippen LogP contribution in [-0.2, 0) is 0 Å². The van der Waals surface area contributed by atoms with Crippen molar-refractivity contribution in [3.63, 3.8) is 0 Å². The van der Waals surface area contributed by atoms with E-state index in [1.807, 2.05) is 6.07 Å². The Bertz CT molecular complexity index is 536. The van der Waals surface area contributed by atoms with E-state index < -0.39 is 4.92 Å². The SMILES string of the molecule is CNC(=O)c1ccc([N+](=O)[O-])c(N(C)CCC#N)c1. The molecule has 0 saturated carbocycles. The van der Waals surface area contributed by atoms with E-state index in [0.29, 0.717) is 17.8 Å². The first-order chi connectivity index (χ1) is 9.01. The van der Waals surface area contributed by atoms with Crippen molar-refractivity contribution in [2.45, 2.75) is 6.42 Å². The van der Waals surface area contributed by atoms with E-state index in [9.17, 15) is 14.9 Å². The molecule has 1 amide bonds. The molecular weight excluding hydrogens is 248 g/mol. The second-order valence-corrected chi connectivity index (χ2v) is 3.87. The predicted octanol–water partition coefficient (Wildman–Crippen LogP) is 1.30. The summed E-state index contributed by atoms with van der Waals surface area (Å²) < 4.78 is 0. The largest absolute Gasteiger partial charge is 0.368 e. The zero-order chi connectivity index (χ0) is 14.4. The van der Waals surface area contributed by atoms with E-state index in [1.54, 1.807) is 11.9 Å². The molecule has 7 nitrogen and oxygen atoms in total. The Kier molecular flexibility index (Phi) is 4.83. The van der Waals surface area contributed by atoms with Gasteiger partial charge in [0.15, 0.2) is 0 Å². The van der Waals surface area contributed by atoms with Crippen molar-refractivity contribution in [3.05, 3.63) is 33.9 Å². The lowest BCUT2D eigenvalue weighted by Crippen LogP contribution is -2.22. The first-order valence-electron chi connectivity index (χ1n) is 5.60. The minimum Gasteiger partial charge on any atom is -0.368 e. The van der Waals surface area contributed by atoms with Crippen LogP contribution in [0, 0.1) is 21.4 Å². The smallest absolute Gasteiger partial charge is 0.292 e. The normalized spacial score (nSPS) is 9.53. The van der Waals surface area contributed by atoms with E-state index in [0.717, 1.165) is 0 Å². The molecule has 1 aromatic rings. The molecule has 0 aromatic heterocycles. The summed E-state index contributed by atoms with van der Waals surface area (Å²) >= 11 is 0. The third-order valence-corrected chi connectivity index (χ3v) is 2.63. The number of benzene rings is 1. The fourth-order valence-electron chi connectivity index (χ4n) is 1.61. The second-order valence-electron chi connectivity index (χ2n) is 3.87. The van der Waals surface area contributed by atoms with Gasteiger partial charge < -0.3 is 10.2 Å². The molecule has 0 aliphatic carbocycles. The van der Waals surface area contributed by atoms with Crippen molar-refractivity contribution in [3.8, 4) is 6.07 Å². The standard InChI is InChI=1S/C12H14N4O3/c1-14-12(17)9-4-5-10(16(18)19)11(8-9)15(2)7-3-6-13/h4-5,8H,3,7H2,1-2H3,(H,14,17). The van der Waals surface area contributed by atoms with Crippen LogP contribution in [0.15, 0.2) is 18.2 Å². The quantitative estimate of drug-likeness (QED) is 0.637. The molecule has 0 aliphatic heterocycles. The summed E-state index contributed by atoms with van der Waals surface area (Å²) in [6.07, 6.45) is 0.248. The first kappa shape index (κ1) is 14.4. The summed E-state index contributed by atoms with van der Waals surface area (Å²) in [6, 6.07) is 6.12. The Morgan fingerprint density at radius 2 is 2.26 bits per heavy atom. The minimum absolute atomic E-state index is 0.0897. The van der Waals surface area contributed by atoms with Gasteiger partial charge in [-0.3, -0.25) is 14.9 Å². The highest BCUT2D eigenvalue weighted by Gasteiger charge is 2.19. The third-order valence-electron chi connectivity index (χ3n) is 2.63. The lowest BCUT2D eigenvalue weighted by atomic mass is 10.1. The van der Waals surface area contributed by atoms with E-state index in [1.165, 1.54) is 25.2 Å². The molecule has 0 bridgehead atoms. The van der Waals surface area contributed by atoms with Crippen LogP contribution in [0.4, 0.5) is 11.4 Å². The molecule has 1 aromatic carbocycles. The average Bonchev–Trinajstić information content (AvgIpc) is 2.42. The summed E-state index contributed by atoms with van der Waals surface area (Å²) in [5.74, 6) is -0.315. The maximum absolute atomic E-state index is 11.5. The number of nitrogens with one attached hydrogen (secondary N) is 1. The Morgan fingerprint density at radius 3 is 2.79 bits per heavy atom. The molecular formula is C12H14N4O3. The highest BCUT2D eigenvalue weighted by molar-refractivity contribution is 5.95. The highest BCUT2D eigenvalue weighted by atomic mass is 16.6. The lowest BCUT2D eigenvalue weighted by Gasteiger charge is -2.18. The molecule has 0 atom stereocenters. The van der Waals surface area contributed by atoms with Crippen molar-refractivity contribution in [2.75, 3.05) is 25.5 Å². The molecule has 0 saturated heterocycles. The van der Waals surface area contributed by atoms with Gasteiger partial charge in [0.05, 0.1) is 17.4 Å². The van der Waals surface area contributed by atoms with E-state index in [4.69, 9.17) is 5.26 Å². The van der Waals surface area contributed by atoms with Gasteiger partial charge in [0.25, 0.3) is 11.6 Å². The highest BCUT2D eigenvalue weighted by Crippen LogP contribution is 2.28. The number of nitro groups is 1. The Balaban J connectivity index is 3.19. The summed E-state index contributed by atoms with van der Waals surface area (Å²) in [6.45, 7) is 0.356. The summed E-state index contributed by atoms with van der Waals surface area (Å²) in [5, 5.41) is 22.0. The number of amides is 1. The molecule has 0 spiro atoms. The number of nitriles is 1. The molecule has 100 valence electrons. The molecule has 0 aliphatic rings. The second kappa shape index (κ2) is 6.35. The minimum atomic E-state index is -0.508. The third kappa shape index (κ3) is 3.42. The molecule has 0 unspecified atom stereocenters. The predicted molar refractivity (Wildman–Crippen MR) is 70.0 cm³/mol. The Labute approximate surface area is 110 Å². The van der Waals surface area contributed by atoms with Crippen LogP contribution < -0.4 is 10.2 Å². The number of anilines is 1. The van der Waals surface area contributed by atoms with E-state index >= 15 is 0 Å². The number of hydrogen-bond donors (Lipinski definition) is 1. The molecule has 7 heteroatoms. The Morgan fingerprint density at radius 1 is 1.58 bits per heavy atom. The fraction of sp³-hybridized carbons (Fsp3) is 0.333. The monoisotopic (exact) mass is 262 g/mol. The lowest BCUT2D eigenvalue weighted by molar-refractivity contribution is -0.384. The van der Waals surface area contributed by atoms with Crippen LogP contribution in [0.2, 0.25) is 0 Å². The number of nitrogens with zero attached hydrogens (tertiary/aromatic N) is 3.